The Balaban J connectivity index is 1.87. The van der Waals surface area contributed by atoms with Crippen LogP contribution in [0.25, 0.3) is 5.65 Å². The van der Waals surface area contributed by atoms with Crippen LogP contribution < -0.4 is 5.73 Å². The monoisotopic (exact) mass is 266 g/mol. The normalized spacial score (nSPS) is 14.8. The van der Waals surface area contributed by atoms with Crippen molar-refractivity contribution in [2.75, 3.05) is 12.4 Å². The Morgan fingerprint density at radius 3 is 3.06 bits per heavy atom. The van der Waals surface area contributed by atoms with Crippen molar-refractivity contribution in [2.24, 2.45) is 5.73 Å². The molecule has 5 nitrogen and oxygen atoms in total. The lowest BCUT2D eigenvalue weighted by molar-refractivity contribution is 0.200. The third-order valence-corrected chi connectivity index (χ3v) is 3.80. The molecule has 0 aromatic carbocycles. The van der Waals surface area contributed by atoms with E-state index in [9.17, 15) is 0 Å². The molecule has 0 saturated heterocycles. The molecule has 0 aliphatic rings. The summed E-state index contributed by atoms with van der Waals surface area (Å²) in [4.78, 5) is 0. The quantitative estimate of drug-likeness (QED) is 0.609. The third-order valence-electron chi connectivity index (χ3n) is 2.77. The molecular weight excluding hydrogens is 248 g/mol. The van der Waals surface area contributed by atoms with Gasteiger partial charge in [-0.05, 0) is 31.9 Å². The number of thioether (sulfide) groups is 1. The smallest absolute Gasteiger partial charge is 0.195 e. The SMILES string of the molecule is CC(N)(CO)CCCSc1nnc2ccccn12. The van der Waals surface area contributed by atoms with E-state index in [-0.39, 0.29) is 6.61 Å². The molecule has 0 aliphatic heterocycles. The van der Waals surface area contributed by atoms with Gasteiger partial charge in [-0.2, -0.15) is 0 Å². The Bertz CT molecular complexity index is 512. The van der Waals surface area contributed by atoms with Gasteiger partial charge in [-0.25, -0.2) is 0 Å². The topological polar surface area (TPSA) is 76.4 Å². The molecule has 0 saturated carbocycles. The van der Waals surface area contributed by atoms with Gasteiger partial charge in [0.25, 0.3) is 0 Å². The highest BCUT2D eigenvalue weighted by Gasteiger charge is 2.16. The maximum Gasteiger partial charge on any atom is 0.195 e. The average molecular weight is 266 g/mol. The number of aliphatic hydroxyl groups excluding tert-OH is 1. The molecule has 0 bridgehead atoms. The highest BCUT2D eigenvalue weighted by atomic mass is 32.2. The summed E-state index contributed by atoms with van der Waals surface area (Å²) in [5.41, 5.74) is 6.26. The molecule has 0 fully saturated rings. The first kappa shape index (κ1) is 13.3. The van der Waals surface area contributed by atoms with E-state index < -0.39 is 5.54 Å². The standard InChI is InChI=1S/C12H18N4OS/c1-12(13,9-17)6-4-8-18-11-15-14-10-5-2-3-7-16(10)11/h2-3,5,7,17H,4,6,8-9,13H2,1H3. The van der Waals surface area contributed by atoms with E-state index in [1.807, 2.05) is 35.7 Å². The third kappa shape index (κ3) is 3.22. The fourth-order valence-corrected chi connectivity index (χ4v) is 2.50. The summed E-state index contributed by atoms with van der Waals surface area (Å²) in [6.45, 7) is 1.88. The first-order valence-corrected chi connectivity index (χ1v) is 6.93. The van der Waals surface area contributed by atoms with Gasteiger partial charge in [-0.3, -0.25) is 4.40 Å². The van der Waals surface area contributed by atoms with Crippen molar-refractivity contribution < 1.29 is 5.11 Å². The van der Waals surface area contributed by atoms with E-state index in [1.54, 1.807) is 11.8 Å². The molecule has 6 heteroatoms. The van der Waals surface area contributed by atoms with E-state index >= 15 is 0 Å². The zero-order chi connectivity index (χ0) is 13.0. The highest BCUT2D eigenvalue weighted by molar-refractivity contribution is 7.99. The predicted molar refractivity (Wildman–Crippen MR) is 72.6 cm³/mol. The van der Waals surface area contributed by atoms with Crippen LogP contribution in [0.5, 0.6) is 0 Å². The molecule has 2 rings (SSSR count). The fourth-order valence-electron chi connectivity index (χ4n) is 1.64. The molecule has 98 valence electrons. The van der Waals surface area contributed by atoms with Crippen LogP contribution >= 0.6 is 11.8 Å². The molecule has 2 aromatic heterocycles. The summed E-state index contributed by atoms with van der Waals surface area (Å²) in [7, 11) is 0. The first-order valence-electron chi connectivity index (χ1n) is 5.95. The van der Waals surface area contributed by atoms with Crippen LogP contribution in [0, 0.1) is 0 Å². The van der Waals surface area contributed by atoms with Gasteiger partial charge in [0.05, 0.1) is 6.61 Å². The summed E-state index contributed by atoms with van der Waals surface area (Å²) in [6.07, 6.45) is 3.70. The molecule has 2 heterocycles. The van der Waals surface area contributed by atoms with Gasteiger partial charge in [0.2, 0.25) is 0 Å². The molecule has 1 atom stereocenters. The predicted octanol–water partition coefficient (Wildman–Crippen LogP) is 1.31. The minimum atomic E-state index is -0.479. The highest BCUT2D eigenvalue weighted by Crippen LogP contribution is 2.19. The lowest BCUT2D eigenvalue weighted by Gasteiger charge is -2.20. The van der Waals surface area contributed by atoms with Crippen molar-refractivity contribution >= 4 is 17.4 Å². The molecule has 2 aromatic rings. The Morgan fingerprint density at radius 2 is 2.28 bits per heavy atom. The molecule has 0 radical (unpaired) electrons. The summed E-state index contributed by atoms with van der Waals surface area (Å²) >= 11 is 1.66. The summed E-state index contributed by atoms with van der Waals surface area (Å²) in [5.74, 6) is 0.919. The second-order valence-corrected chi connectivity index (χ2v) is 5.74. The number of nitrogens with two attached hydrogens (primary N) is 1. The van der Waals surface area contributed by atoms with E-state index in [2.05, 4.69) is 10.2 Å². The number of rotatable bonds is 6. The average Bonchev–Trinajstić information content (AvgIpc) is 2.78. The minimum Gasteiger partial charge on any atom is -0.394 e. The van der Waals surface area contributed by atoms with Crippen molar-refractivity contribution in [3.63, 3.8) is 0 Å². The fraction of sp³-hybridized carbons (Fsp3) is 0.500. The van der Waals surface area contributed by atoms with Gasteiger partial charge in [-0.1, -0.05) is 17.8 Å². The van der Waals surface area contributed by atoms with E-state index in [0.29, 0.717) is 0 Å². The van der Waals surface area contributed by atoms with Crippen molar-refractivity contribution in [3.05, 3.63) is 24.4 Å². The van der Waals surface area contributed by atoms with E-state index in [4.69, 9.17) is 10.8 Å². The number of aromatic nitrogens is 3. The summed E-state index contributed by atoms with van der Waals surface area (Å²) in [6, 6.07) is 5.84. The van der Waals surface area contributed by atoms with Crippen molar-refractivity contribution in [1.29, 1.82) is 0 Å². The van der Waals surface area contributed by atoms with Crippen LogP contribution in [0.2, 0.25) is 0 Å². The van der Waals surface area contributed by atoms with Crippen LogP contribution in [0.3, 0.4) is 0 Å². The Kier molecular flexibility index (Phi) is 4.21. The van der Waals surface area contributed by atoms with Gasteiger partial charge in [0.15, 0.2) is 10.8 Å². The zero-order valence-electron chi connectivity index (χ0n) is 10.4. The Hall–Kier alpha value is -1.11. The molecule has 18 heavy (non-hydrogen) atoms. The lowest BCUT2D eigenvalue weighted by atomic mass is 9.99. The van der Waals surface area contributed by atoms with Gasteiger partial charge in [-0.15, -0.1) is 10.2 Å². The van der Waals surface area contributed by atoms with Crippen molar-refractivity contribution in [1.82, 2.24) is 14.6 Å². The van der Waals surface area contributed by atoms with Gasteiger partial charge >= 0.3 is 0 Å². The zero-order valence-corrected chi connectivity index (χ0v) is 11.2. The molecule has 3 N–H and O–H groups in total. The Morgan fingerprint density at radius 1 is 1.44 bits per heavy atom. The van der Waals surface area contributed by atoms with Gasteiger partial charge in [0, 0.05) is 17.5 Å². The number of hydrogen-bond donors (Lipinski definition) is 2. The number of nitrogens with zero attached hydrogens (tertiary/aromatic N) is 3. The molecule has 0 spiro atoms. The van der Waals surface area contributed by atoms with Gasteiger partial charge < -0.3 is 10.8 Å². The van der Waals surface area contributed by atoms with E-state index in [0.717, 1.165) is 29.4 Å². The molecule has 0 amide bonds. The first-order chi connectivity index (χ1) is 8.62. The van der Waals surface area contributed by atoms with Crippen LogP contribution in [-0.4, -0.2) is 37.6 Å². The molecular formula is C12H18N4OS. The minimum absolute atomic E-state index is 0.0194. The Labute approximate surface area is 110 Å². The summed E-state index contributed by atoms with van der Waals surface area (Å²) < 4.78 is 1.97. The maximum atomic E-state index is 9.06. The number of aliphatic hydroxyl groups is 1. The maximum absolute atomic E-state index is 9.06. The second kappa shape index (κ2) is 5.69. The van der Waals surface area contributed by atoms with Crippen LogP contribution in [-0.2, 0) is 0 Å². The molecule has 1 unspecified atom stereocenters. The molecule has 0 aliphatic carbocycles. The van der Waals surface area contributed by atoms with Gasteiger partial charge in [0.1, 0.15) is 0 Å². The van der Waals surface area contributed by atoms with Crippen LogP contribution in [0.4, 0.5) is 0 Å². The van der Waals surface area contributed by atoms with Crippen LogP contribution in [0.15, 0.2) is 29.6 Å². The van der Waals surface area contributed by atoms with Crippen molar-refractivity contribution in [2.45, 2.75) is 30.5 Å². The van der Waals surface area contributed by atoms with Crippen LogP contribution in [0.1, 0.15) is 19.8 Å². The second-order valence-electron chi connectivity index (χ2n) is 4.68. The number of fused-ring (bicyclic) bond motifs is 1. The summed E-state index contributed by atoms with van der Waals surface area (Å²) in [5, 5.41) is 18.2. The number of pyridine rings is 1. The number of hydrogen-bond acceptors (Lipinski definition) is 5. The van der Waals surface area contributed by atoms with Crippen molar-refractivity contribution in [3.8, 4) is 0 Å². The largest absolute Gasteiger partial charge is 0.394 e. The lowest BCUT2D eigenvalue weighted by Crippen LogP contribution is -2.40. The van der Waals surface area contributed by atoms with E-state index in [1.165, 1.54) is 0 Å².